The van der Waals surface area contributed by atoms with E-state index >= 15 is 0 Å². The first-order valence-electron chi connectivity index (χ1n) is 4.70. The van der Waals surface area contributed by atoms with E-state index in [-0.39, 0.29) is 0 Å². The lowest BCUT2D eigenvalue weighted by Gasteiger charge is -2.25. The molecule has 0 amide bonds. The van der Waals surface area contributed by atoms with Crippen LogP contribution in [0.3, 0.4) is 0 Å². The first-order chi connectivity index (χ1) is 6.86. The van der Waals surface area contributed by atoms with Crippen molar-refractivity contribution in [2.75, 3.05) is 18.2 Å². The molecule has 1 aromatic rings. The van der Waals surface area contributed by atoms with Gasteiger partial charge in [0.25, 0.3) is 0 Å². The van der Waals surface area contributed by atoms with Crippen LogP contribution in [0, 0.1) is 0 Å². The summed E-state index contributed by atoms with van der Waals surface area (Å²) in [6, 6.07) is 6.35. The largest absolute Gasteiger partial charge is 0.496 e. The second-order valence-electron chi connectivity index (χ2n) is 3.30. The number of thioether (sulfide) groups is 1. The fourth-order valence-electron chi connectivity index (χ4n) is 1.87. The van der Waals surface area contributed by atoms with E-state index in [1.165, 1.54) is 23.3 Å². The van der Waals surface area contributed by atoms with Gasteiger partial charge in [0, 0.05) is 16.1 Å². The Bertz CT molecular complexity index is 313. The van der Waals surface area contributed by atoms with Crippen LogP contribution < -0.4 is 4.74 Å². The predicted molar refractivity (Wildman–Crippen MR) is 65.7 cm³/mol. The van der Waals surface area contributed by atoms with Gasteiger partial charge in [0.1, 0.15) is 5.75 Å². The molecule has 1 aliphatic rings. The molecule has 0 spiro atoms. The molecule has 1 atom stereocenters. The molecule has 14 heavy (non-hydrogen) atoms. The van der Waals surface area contributed by atoms with Crippen molar-refractivity contribution in [2.24, 2.45) is 0 Å². The van der Waals surface area contributed by atoms with E-state index in [0.717, 1.165) is 11.1 Å². The van der Waals surface area contributed by atoms with E-state index in [1.54, 1.807) is 7.11 Å². The summed E-state index contributed by atoms with van der Waals surface area (Å²) in [5, 5.41) is 1.56. The van der Waals surface area contributed by atoms with Crippen LogP contribution in [-0.2, 0) is 6.42 Å². The Morgan fingerprint density at radius 1 is 1.57 bits per heavy atom. The van der Waals surface area contributed by atoms with E-state index < -0.39 is 0 Å². The Labute approximate surface area is 97.4 Å². The van der Waals surface area contributed by atoms with Crippen LogP contribution >= 0.6 is 27.7 Å². The highest BCUT2D eigenvalue weighted by Gasteiger charge is 2.23. The van der Waals surface area contributed by atoms with Gasteiger partial charge >= 0.3 is 0 Å². The van der Waals surface area contributed by atoms with Crippen molar-refractivity contribution < 1.29 is 4.74 Å². The van der Waals surface area contributed by atoms with Crippen LogP contribution in [-0.4, -0.2) is 18.2 Å². The SMILES string of the molecule is COc1cccc2c1C(CBr)SCC2. The number of alkyl halides is 1. The van der Waals surface area contributed by atoms with Gasteiger partial charge in [-0.05, 0) is 23.8 Å². The highest BCUT2D eigenvalue weighted by atomic mass is 79.9. The van der Waals surface area contributed by atoms with Gasteiger partial charge in [-0.15, -0.1) is 0 Å². The monoisotopic (exact) mass is 272 g/mol. The third kappa shape index (κ3) is 1.80. The molecular weight excluding hydrogens is 260 g/mol. The van der Waals surface area contributed by atoms with Crippen molar-refractivity contribution in [2.45, 2.75) is 11.7 Å². The molecule has 1 aromatic carbocycles. The normalized spacial score (nSPS) is 20.3. The lowest BCUT2D eigenvalue weighted by Crippen LogP contribution is -2.10. The Kier molecular flexibility index (Phi) is 3.39. The zero-order valence-corrected chi connectivity index (χ0v) is 10.5. The molecule has 0 saturated heterocycles. The molecule has 0 fully saturated rings. The van der Waals surface area contributed by atoms with Crippen LogP contribution in [0.1, 0.15) is 16.4 Å². The summed E-state index contributed by atoms with van der Waals surface area (Å²) < 4.78 is 5.41. The fraction of sp³-hybridized carbons (Fsp3) is 0.455. The van der Waals surface area contributed by atoms with Crippen molar-refractivity contribution in [1.29, 1.82) is 0 Å². The van der Waals surface area contributed by atoms with Gasteiger partial charge in [-0.25, -0.2) is 0 Å². The lowest BCUT2D eigenvalue weighted by atomic mass is 10.0. The molecule has 0 saturated carbocycles. The zero-order valence-electron chi connectivity index (χ0n) is 8.13. The van der Waals surface area contributed by atoms with E-state index in [4.69, 9.17) is 4.74 Å². The van der Waals surface area contributed by atoms with Gasteiger partial charge in [0.05, 0.1) is 7.11 Å². The lowest BCUT2D eigenvalue weighted by molar-refractivity contribution is 0.409. The minimum Gasteiger partial charge on any atom is -0.496 e. The minimum atomic E-state index is 0.551. The van der Waals surface area contributed by atoms with Gasteiger partial charge < -0.3 is 4.74 Å². The molecule has 2 rings (SSSR count). The summed E-state index contributed by atoms with van der Waals surface area (Å²) >= 11 is 5.58. The maximum absolute atomic E-state index is 5.41. The molecule has 3 heteroatoms. The fourth-order valence-corrected chi connectivity index (χ4v) is 3.90. The van der Waals surface area contributed by atoms with E-state index in [0.29, 0.717) is 5.25 Å². The number of fused-ring (bicyclic) bond motifs is 1. The standard InChI is InChI=1S/C11H13BrOS/c1-13-9-4-2-3-8-5-6-14-10(7-12)11(8)9/h2-4,10H,5-7H2,1H3. The van der Waals surface area contributed by atoms with E-state index in [1.807, 2.05) is 11.8 Å². The van der Waals surface area contributed by atoms with Crippen LogP contribution in [0.15, 0.2) is 18.2 Å². The molecule has 76 valence electrons. The number of halogens is 1. The third-order valence-corrected chi connectivity index (χ3v) is 4.85. The summed E-state index contributed by atoms with van der Waals surface area (Å²) in [7, 11) is 1.75. The second-order valence-corrected chi connectivity index (χ2v) is 5.25. The number of ether oxygens (including phenoxy) is 1. The molecule has 0 aliphatic carbocycles. The number of rotatable bonds is 2. The number of benzene rings is 1. The number of aryl methyl sites for hydroxylation is 1. The maximum Gasteiger partial charge on any atom is 0.123 e. The number of hydrogen-bond donors (Lipinski definition) is 0. The Balaban J connectivity index is 2.46. The Morgan fingerprint density at radius 3 is 3.14 bits per heavy atom. The summed E-state index contributed by atoms with van der Waals surface area (Å²) in [5.74, 6) is 2.26. The van der Waals surface area contributed by atoms with Gasteiger partial charge in [0.15, 0.2) is 0 Å². The molecule has 1 nitrogen and oxygen atoms in total. The van der Waals surface area contributed by atoms with Crippen molar-refractivity contribution in [1.82, 2.24) is 0 Å². The van der Waals surface area contributed by atoms with Crippen LogP contribution in [0.2, 0.25) is 0 Å². The van der Waals surface area contributed by atoms with Gasteiger partial charge in [-0.1, -0.05) is 28.1 Å². The van der Waals surface area contributed by atoms with E-state index in [9.17, 15) is 0 Å². The minimum absolute atomic E-state index is 0.551. The smallest absolute Gasteiger partial charge is 0.123 e. The van der Waals surface area contributed by atoms with Crippen LogP contribution in [0.4, 0.5) is 0 Å². The molecule has 1 heterocycles. The van der Waals surface area contributed by atoms with Crippen molar-refractivity contribution in [3.05, 3.63) is 29.3 Å². The van der Waals surface area contributed by atoms with Crippen molar-refractivity contribution in [3.63, 3.8) is 0 Å². The second kappa shape index (κ2) is 4.58. The summed E-state index contributed by atoms with van der Waals surface area (Å²) in [6.45, 7) is 0. The molecule has 1 aliphatic heterocycles. The molecule has 1 unspecified atom stereocenters. The molecule has 0 N–H and O–H groups in total. The highest BCUT2D eigenvalue weighted by Crippen LogP contribution is 2.42. The predicted octanol–water partition coefficient (Wildman–Crippen LogP) is 3.42. The van der Waals surface area contributed by atoms with E-state index in [2.05, 4.69) is 34.1 Å². The van der Waals surface area contributed by atoms with Gasteiger partial charge in [0.2, 0.25) is 0 Å². The first kappa shape index (κ1) is 10.4. The highest BCUT2D eigenvalue weighted by molar-refractivity contribution is 9.09. The average Bonchev–Trinajstić information content (AvgIpc) is 2.27. The molecule has 0 radical (unpaired) electrons. The summed E-state index contributed by atoms with van der Waals surface area (Å²) in [4.78, 5) is 0. The van der Waals surface area contributed by atoms with Crippen LogP contribution in [0.5, 0.6) is 5.75 Å². The topological polar surface area (TPSA) is 9.23 Å². The van der Waals surface area contributed by atoms with Crippen LogP contribution in [0.25, 0.3) is 0 Å². The van der Waals surface area contributed by atoms with Crippen molar-refractivity contribution >= 4 is 27.7 Å². The molecule has 0 aromatic heterocycles. The summed E-state index contributed by atoms with van der Waals surface area (Å²) in [5.41, 5.74) is 2.84. The van der Waals surface area contributed by atoms with Gasteiger partial charge in [-0.3, -0.25) is 0 Å². The molecule has 0 bridgehead atoms. The Hall–Kier alpha value is -0.150. The zero-order chi connectivity index (χ0) is 9.97. The van der Waals surface area contributed by atoms with Gasteiger partial charge in [-0.2, -0.15) is 11.8 Å². The third-order valence-electron chi connectivity index (χ3n) is 2.53. The average molecular weight is 273 g/mol. The number of methoxy groups -OCH3 is 1. The maximum atomic E-state index is 5.41. The number of hydrogen-bond acceptors (Lipinski definition) is 2. The van der Waals surface area contributed by atoms with Crippen molar-refractivity contribution in [3.8, 4) is 5.75 Å². The molecular formula is C11H13BrOS. The Morgan fingerprint density at radius 2 is 2.43 bits per heavy atom. The quantitative estimate of drug-likeness (QED) is 0.763. The summed E-state index contributed by atoms with van der Waals surface area (Å²) in [6.07, 6.45) is 1.17. The first-order valence-corrected chi connectivity index (χ1v) is 6.87.